The molecular weight excluding hydrogens is 480 g/mol. The van der Waals surface area contributed by atoms with Crippen molar-refractivity contribution < 1.29 is 9.53 Å². The number of methoxy groups -OCH3 is 1. The van der Waals surface area contributed by atoms with E-state index in [1.165, 1.54) is 5.56 Å². The van der Waals surface area contributed by atoms with Crippen LogP contribution in [0.15, 0.2) is 108 Å². The lowest BCUT2D eigenvalue weighted by Crippen LogP contribution is -2.12. The first-order valence-electron chi connectivity index (χ1n) is 11.9. The number of thioether (sulfide) groups is 1. The van der Waals surface area contributed by atoms with Gasteiger partial charge in [-0.1, -0.05) is 84.1 Å². The Bertz CT molecular complexity index is 1500. The van der Waals surface area contributed by atoms with Crippen molar-refractivity contribution in [3.63, 3.8) is 0 Å². The van der Waals surface area contributed by atoms with E-state index in [2.05, 4.69) is 51.3 Å². The number of carbonyl (C=O) groups is 1. The quantitative estimate of drug-likeness (QED) is 0.235. The van der Waals surface area contributed by atoms with Crippen molar-refractivity contribution >= 4 is 23.4 Å². The van der Waals surface area contributed by atoms with Crippen molar-refractivity contribution in [2.75, 3.05) is 12.4 Å². The number of amides is 1. The molecule has 0 fully saturated rings. The van der Waals surface area contributed by atoms with Crippen molar-refractivity contribution in [1.82, 2.24) is 14.8 Å². The van der Waals surface area contributed by atoms with Gasteiger partial charge in [0.25, 0.3) is 5.91 Å². The van der Waals surface area contributed by atoms with Gasteiger partial charge in [0.05, 0.1) is 12.8 Å². The fraction of sp³-hybridized carbons (Fsp3) is 0.100. The second-order valence-electron chi connectivity index (χ2n) is 8.48. The van der Waals surface area contributed by atoms with Crippen LogP contribution in [0.2, 0.25) is 0 Å². The maximum atomic E-state index is 12.7. The Kier molecular flexibility index (Phi) is 7.33. The summed E-state index contributed by atoms with van der Waals surface area (Å²) in [4.78, 5) is 12.7. The van der Waals surface area contributed by atoms with E-state index in [4.69, 9.17) is 4.74 Å². The van der Waals surface area contributed by atoms with Crippen molar-refractivity contribution in [2.45, 2.75) is 17.8 Å². The molecule has 0 aliphatic carbocycles. The van der Waals surface area contributed by atoms with Gasteiger partial charge in [0.15, 0.2) is 11.0 Å². The third kappa shape index (κ3) is 5.57. The van der Waals surface area contributed by atoms with Crippen LogP contribution in [0.25, 0.3) is 17.1 Å². The molecule has 6 nitrogen and oxygen atoms in total. The monoisotopic (exact) mass is 506 g/mol. The molecule has 1 N–H and O–H groups in total. The zero-order valence-electron chi connectivity index (χ0n) is 20.6. The third-order valence-electron chi connectivity index (χ3n) is 5.90. The van der Waals surface area contributed by atoms with Gasteiger partial charge in [-0.3, -0.25) is 9.36 Å². The van der Waals surface area contributed by atoms with Gasteiger partial charge in [-0.2, -0.15) is 0 Å². The van der Waals surface area contributed by atoms with Gasteiger partial charge >= 0.3 is 0 Å². The summed E-state index contributed by atoms with van der Waals surface area (Å²) >= 11 is 1.61. The van der Waals surface area contributed by atoms with Gasteiger partial charge in [-0.05, 0) is 48.9 Å². The van der Waals surface area contributed by atoms with Crippen LogP contribution in [-0.2, 0) is 5.75 Å². The van der Waals surface area contributed by atoms with Crippen LogP contribution in [0.1, 0.15) is 21.5 Å². The molecule has 0 radical (unpaired) electrons. The van der Waals surface area contributed by atoms with Gasteiger partial charge in [-0.25, -0.2) is 0 Å². The Morgan fingerprint density at radius 3 is 2.30 bits per heavy atom. The van der Waals surface area contributed by atoms with Crippen molar-refractivity contribution in [1.29, 1.82) is 0 Å². The minimum atomic E-state index is -0.185. The Morgan fingerprint density at radius 1 is 0.865 bits per heavy atom. The normalized spacial score (nSPS) is 10.8. The van der Waals surface area contributed by atoms with E-state index in [0.29, 0.717) is 22.8 Å². The summed E-state index contributed by atoms with van der Waals surface area (Å²) in [6.07, 6.45) is 0. The lowest BCUT2D eigenvalue weighted by molar-refractivity contribution is 0.102. The molecule has 0 saturated heterocycles. The highest BCUT2D eigenvalue weighted by Gasteiger charge is 2.16. The first kappa shape index (κ1) is 24.3. The molecule has 5 rings (SSSR count). The van der Waals surface area contributed by atoms with E-state index in [0.717, 1.165) is 27.8 Å². The molecule has 0 spiro atoms. The molecule has 1 heterocycles. The molecule has 0 aliphatic heterocycles. The zero-order chi connectivity index (χ0) is 25.6. The van der Waals surface area contributed by atoms with Crippen molar-refractivity contribution in [3.8, 4) is 22.8 Å². The molecule has 4 aromatic carbocycles. The number of rotatable bonds is 8. The summed E-state index contributed by atoms with van der Waals surface area (Å²) in [5, 5.41) is 12.8. The predicted molar refractivity (Wildman–Crippen MR) is 148 cm³/mol. The lowest BCUT2D eigenvalue weighted by Gasteiger charge is -2.11. The summed E-state index contributed by atoms with van der Waals surface area (Å²) in [6.45, 7) is 2.07. The van der Waals surface area contributed by atoms with Crippen LogP contribution in [0.5, 0.6) is 5.75 Å². The third-order valence-corrected chi connectivity index (χ3v) is 6.90. The SMILES string of the molecule is COc1ccccc1NC(=O)c1ccc(CSc2nnc(-c3ccccc3)n2-c2ccc(C)cc2)cc1. The molecule has 1 amide bonds. The van der Waals surface area contributed by atoms with Crippen LogP contribution in [-0.4, -0.2) is 27.8 Å². The molecule has 5 aromatic rings. The van der Waals surface area contributed by atoms with Gasteiger partial charge in [0, 0.05) is 22.6 Å². The number of benzene rings is 4. The van der Waals surface area contributed by atoms with E-state index >= 15 is 0 Å². The minimum absolute atomic E-state index is 0.185. The lowest BCUT2D eigenvalue weighted by atomic mass is 10.1. The first-order chi connectivity index (χ1) is 18.1. The number of nitrogens with zero attached hydrogens (tertiary/aromatic N) is 3. The van der Waals surface area contributed by atoms with Crippen LogP contribution >= 0.6 is 11.8 Å². The fourth-order valence-electron chi connectivity index (χ4n) is 3.91. The number of carbonyl (C=O) groups excluding carboxylic acids is 1. The van der Waals surface area contributed by atoms with Gasteiger partial charge in [0.1, 0.15) is 5.75 Å². The summed E-state index contributed by atoms with van der Waals surface area (Å²) in [5.41, 5.74) is 5.52. The Morgan fingerprint density at radius 2 is 1.57 bits per heavy atom. The molecular formula is C30H26N4O2S. The Balaban J connectivity index is 1.33. The highest BCUT2D eigenvalue weighted by Crippen LogP contribution is 2.30. The molecule has 7 heteroatoms. The smallest absolute Gasteiger partial charge is 0.255 e. The minimum Gasteiger partial charge on any atom is -0.495 e. The van der Waals surface area contributed by atoms with Crippen LogP contribution in [0.4, 0.5) is 5.69 Å². The predicted octanol–water partition coefficient (Wildman–Crippen LogP) is 6.80. The molecule has 0 aliphatic rings. The zero-order valence-corrected chi connectivity index (χ0v) is 21.4. The van der Waals surface area contributed by atoms with Gasteiger partial charge < -0.3 is 10.1 Å². The second kappa shape index (κ2) is 11.1. The number of hydrogen-bond donors (Lipinski definition) is 1. The van der Waals surface area contributed by atoms with E-state index in [9.17, 15) is 4.79 Å². The van der Waals surface area contributed by atoms with Crippen molar-refractivity contribution in [2.24, 2.45) is 0 Å². The van der Waals surface area contributed by atoms with Crippen LogP contribution in [0, 0.1) is 6.92 Å². The van der Waals surface area contributed by atoms with E-state index in [-0.39, 0.29) is 5.91 Å². The number of aromatic nitrogens is 3. The number of aryl methyl sites for hydroxylation is 1. The number of para-hydroxylation sites is 2. The van der Waals surface area contributed by atoms with Gasteiger partial charge in [-0.15, -0.1) is 10.2 Å². The summed E-state index contributed by atoms with van der Waals surface area (Å²) in [5.74, 6) is 1.93. The first-order valence-corrected chi connectivity index (χ1v) is 12.8. The number of hydrogen-bond acceptors (Lipinski definition) is 5. The maximum Gasteiger partial charge on any atom is 0.255 e. The molecule has 0 atom stereocenters. The van der Waals surface area contributed by atoms with E-state index in [1.54, 1.807) is 18.9 Å². The average molecular weight is 507 g/mol. The summed E-state index contributed by atoms with van der Waals surface area (Å²) in [6, 6.07) is 33.4. The molecule has 184 valence electrons. The Hall–Kier alpha value is -4.36. The highest BCUT2D eigenvalue weighted by molar-refractivity contribution is 7.98. The molecule has 37 heavy (non-hydrogen) atoms. The molecule has 0 saturated carbocycles. The molecule has 0 unspecified atom stereocenters. The summed E-state index contributed by atoms with van der Waals surface area (Å²) in [7, 11) is 1.58. The second-order valence-corrected chi connectivity index (χ2v) is 9.43. The average Bonchev–Trinajstić information content (AvgIpc) is 3.37. The largest absolute Gasteiger partial charge is 0.495 e. The van der Waals surface area contributed by atoms with Gasteiger partial charge in [0.2, 0.25) is 0 Å². The van der Waals surface area contributed by atoms with Crippen LogP contribution in [0.3, 0.4) is 0 Å². The number of ether oxygens (including phenoxy) is 1. The molecule has 1 aromatic heterocycles. The van der Waals surface area contributed by atoms with E-state index in [1.807, 2.05) is 78.9 Å². The number of anilines is 1. The maximum absolute atomic E-state index is 12.7. The van der Waals surface area contributed by atoms with E-state index < -0.39 is 0 Å². The fourth-order valence-corrected chi connectivity index (χ4v) is 4.81. The highest BCUT2D eigenvalue weighted by atomic mass is 32.2. The van der Waals surface area contributed by atoms with Crippen LogP contribution < -0.4 is 10.1 Å². The van der Waals surface area contributed by atoms with Crippen molar-refractivity contribution in [3.05, 3.63) is 120 Å². The standard InChI is InChI=1S/C30H26N4O2S/c1-21-12-18-25(19-13-21)34-28(23-8-4-3-5-9-23)32-33-30(34)37-20-22-14-16-24(17-15-22)29(35)31-26-10-6-7-11-27(26)36-2/h3-19H,20H2,1-2H3,(H,31,35). The Labute approximate surface area is 220 Å². The number of nitrogens with one attached hydrogen (secondary N) is 1. The topological polar surface area (TPSA) is 69.0 Å². The molecule has 0 bridgehead atoms. The summed E-state index contributed by atoms with van der Waals surface area (Å²) < 4.78 is 7.41.